The Morgan fingerprint density at radius 2 is 2.11 bits per heavy atom. The van der Waals surface area contributed by atoms with Gasteiger partial charge in [-0.15, -0.1) is 12.3 Å². The molecule has 0 spiro atoms. The number of terminal acetylenes is 1. The fourth-order valence-electron chi connectivity index (χ4n) is 2.51. The first-order chi connectivity index (χ1) is 8.15. The maximum atomic E-state index is 12.2. The Kier molecular flexibility index (Phi) is 4.32. The lowest BCUT2D eigenvalue weighted by atomic mass is 9.93. The zero-order valence-corrected chi connectivity index (χ0v) is 12.2. The van der Waals surface area contributed by atoms with Gasteiger partial charge in [0.25, 0.3) is 0 Å². The molecular formula is C15H25NO2. The second-order valence-electron chi connectivity index (χ2n) is 6.72. The molecule has 1 rings (SSSR count). The van der Waals surface area contributed by atoms with Crippen LogP contribution in [0.3, 0.4) is 0 Å². The van der Waals surface area contributed by atoms with Gasteiger partial charge in [0.15, 0.2) is 0 Å². The molecule has 0 aromatic rings. The van der Waals surface area contributed by atoms with Gasteiger partial charge in [0, 0.05) is 18.5 Å². The average Bonchev–Trinajstić information content (AvgIpc) is 2.48. The van der Waals surface area contributed by atoms with Crippen molar-refractivity contribution < 1.29 is 9.53 Å². The lowest BCUT2D eigenvalue weighted by Crippen LogP contribution is -2.45. The molecule has 3 nitrogen and oxygen atoms in total. The number of rotatable bonds is 2. The number of nitrogens with zero attached hydrogens (tertiary/aromatic N) is 1. The molecule has 1 aliphatic rings. The highest BCUT2D eigenvalue weighted by molar-refractivity contribution is 5.69. The molecule has 1 amide bonds. The van der Waals surface area contributed by atoms with Crippen molar-refractivity contribution in [1.29, 1.82) is 0 Å². The van der Waals surface area contributed by atoms with Gasteiger partial charge in [-0.3, -0.25) is 0 Å². The van der Waals surface area contributed by atoms with Crippen LogP contribution in [0.1, 0.15) is 53.9 Å². The molecule has 1 unspecified atom stereocenters. The van der Waals surface area contributed by atoms with E-state index >= 15 is 0 Å². The third kappa shape index (κ3) is 3.94. The van der Waals surface area contributed by atoms with Crippen LogP contribution in [0, 0.1) is 18.3 Å². The van der Waals surface area contributed by atoms with Crippen LogP contribution < -0.4 is 0 Å². The molecular weight excluding hydrogens is 226 g/mol. The van der Waals surface area contributed by atoms with E-state index in [1.54, 1.807) is 0 Å². The van der Waals surface area contributed by atoms with Crippen LogP contribution in [0.15, 0.2) is 0 Å². The van der Waals surface area contributed by atoms with E-state index < -0.39 is 5.60 Å². The molecule has 102 valence electrons. The molecule has 0 aromatic carbocycles. The van der Waals surface area contributed by atoms with Crippen LogP contribution in [0.4, 0.5) is 4.79 Å². The van der Waals surface area contributed by atoms with Crippen molar-refractivity contribution >= 4 is 6.09 Å². The van der Waals surface area contributed by atoms with Crippen molar-refractivity contribution in [1.82, 2.24) is 4.90 Å². The molecule has 0 aromatic heterocycles. The van der Waals surface area contributed by atoms with E-state index in [1.165, 1.54) is 0 Å². The molecule has 1 saturated heterocycles. The third-order valence-corrected chi connectivity index (χ3v) is 3.27. The monoisotopic (exact) mass is 251 g/mol. The molecule has 1 atom stereocenters. The standard InChI is InChI=1S/C15H25NO2/c1-7-8-9-12-10-15(5,6)16(11-12)13(17)18-14(2,3)4/h1,12H,8-11H2,2-6H3. The minimum atomic E-state index is -0.440. The average molecular weight is 251 g/mol. The zero-order valence-electron chi connectivity index (χ0n) is 12.2. The van der Waals surface area contributed by atoms with Crippen molar-refractivity contribution in [3.63, 3.8) is 0 Å². The normalized spacial score (nSPS) is 22.7. The van der Waals surface area contributed by atoms with E-state index in [1.807, 2.05) is 25.7 Å². The molecule has 0 N–H and O–H groups in total. The summed E-state index contributed by atoms with van der Waals surface area (Å²) in [6.07, 6.45) is 7.84. The highest BCUT2D eigenvalue weighted by atomic mass is 16.6. The van der Waals surface area contributed by atoms with Gasteiger partial charge in [-0.1, -0.05) is 0 Å². The summed E-state index contributed by atoms with van der Waals surface area (Å²) in [5.74, 6) is 3.16. The Morgan fingerprint density at radius 1 is 1.50 bits per heavy atom. The van der Waals surface area contributed by atoms with Gasteiger partial charge in [-0.2, -0.15) is 0 Å². The Bertz CT molecular complexity index is 346. The summed E-state index contributed by atoms with van der Waals surface area (Å²) in [6, 6.07) is 0. The summed E-state index contributed by atoms with van der Waals surface area (Å²) in [6.45, 7) is 10.6. The Morgan fingerprint density at radius 3 is 2.61 bits per heavy atom. The summed E-state index contributed by atoms with van der Waals surface area (Å²) < 4.78 is 5.46. The molecule has 3 heteroatoms. The van der Waals surface area contributed by atoms with Gasteiger partial charge in [0.2, 0.25) is 0 Å². The molecule has 1 fully saturated rings. The summed E-state index contributed by atoms with van der Waals surface area (Å²) in [7, 11) is 0. The number of carbonyl (C=O) groups excluding carboxylic acids is 1. The molecule has 0 radical (unpaired) electrons. The Balaban J connectivity index is 2.66. The number of carbonyl (C=O) groups is 1. The van der Waals surface area contributed by atoms with Gasteiger partial charge in [-0.25, -0.2) is 4.79 Å². The third-order valence-electron chi connectivity index (χ3n) is 3.27. The van der Waals surface area contributed by atoms with Gasteiger partial charge in [0.05, 0.1) is 0 Å². The first-order valence-corrected chi connectivity index (χ1v) is 6.60. The van der Waals surface area contributed by atoms with Crippen LogP contribution in [0.2, 0.25) is 0 Å². The van der Waals surface area contributed by atoms with E-state index in [0.717, 1.165) is 25.8 Å². The Hall–Kier alpha value is -1.17. The molecule has 1 heterocycles. The molecule has 1 aliphatic heterocycles. The molecule has 0 bridgehead atoms. The van der Waals surface area contributed by atoms with Gasteiger partial charge in [-0.05, 0) is 53.4 Å². The first kappa shape index (κ1) is 14.9. The smallest absolute Gasteiger partial charge is 0.410 e. The zero-order chi connectivity index (χ0) is 14.0. The minimum absolute atomic E-state index is 0.137. The van der Waals surface area contributed by atoms with Crippen molar-refractivity contribution in [3.8, 4) is 12.3 Å². The quantitative estimate of drug-likeness (QED) is 0.704. The van der Waals surface area contributed by atoms with Crippen LogP contribution >= 0.6 is 0 Å². The predicted octanol–water partition coefficient (Wildman–Crippen LogP) is 3.44. The van der Waals surface area contributed by atoms with E-state index in [0.29, 0.717) is 5.92 Å². The second-order valence-corrected chi connectivity index (χ2v) is 6.72. The fraction of sp³-hybridized carbons (Fsp3) is 0.800. The molecule has 18 heavy (non-hydrogen) atoms. The summed E-state index contributed by atoms with van der Waals surface area (Å²) >= 11 is 0. The lowest BCUT2D eigenvalue weighted by molar-refractivity contribution is 0.0131. The van der Waals surface area contributed by atoms with Crippen molar-refractivity contribution in [2.45, 2.75) is 65.0 Å². The summed E-state index contributed by atoms with van der Waals surface area (Å²) in [4.78, 5) is 14.0. The summed E-state index contributed by atoms with van der Waals surface area (Å²) in [5, 5.41) is 0. The lowest BCUT2D eigenvalue weighted by Gasteiger charge is -2.33. The maximum absolute atomic E-state index is 12.2. The first-order valence-electron chi connectivity index (χ1n) is 6.60. The van der Waals surface area contributed by atoms with E-state index in [9.17, 15) is 4.79 Å². The van der Waals surface area contributed by atoms with Crippen LogP contribution in [0.25, 0.3) is 0 Å². The highest BCUT2D eigenvalue weighted by Gasteiger charge is 2.42. The van der Waals surface area contributed by atoms with E-state index in [-0.39, 0.29) is 11.6 Å². The predicted molar refractivity (Wildman–Crippen MR) is 73.2 cm³/mol. The SMILES string of the molecule is C#CCCC1CN(C(=O)OC(C)(C)C)C(C)(C)C1. The number of likely N-dealkylation sites (tertiary alicyclic amines) is 1. The topological polar surface area (TPSA) is 29.5 Å². The van der Waals surface area contributed by atoms with Crippen LogP contribution in [-0.2, 0) is 4.74 Å². The largest absolute Gasteiger partial charge is 0.444 e. The Labute approximate surface area is 111 Å². The number of hydrogen-bond donors (Lipinski definition) is 0. The van der Waals surface area contributed by atoms with Crippen molar-refractivity contribution in [2.24, 2.45) is 5.92 Å². The number of hydrogen-bond acceptors (Lipinski definition) is 2. The molecule has 0 saturated carbocycles. The van der Waals surface area contributed by atoms with Crippen molar-refractivity contribution in [2.75, 3.05) is 6.54 Å². The summed E-state index contributed by atoms with van der Waals surface area (Å²) in [5.41, 5.74) is -0.578. The van der Waals surface area contributed by atoms with Crippen LogP contribution in [0.5, 0.6) is 0 Å². The number of ether oxygens (including phenoxy) is 1. The fourth-order valence-corrected chi connectivity index (χ4v) is 2.51. The van der Waals surface area contributed by atoms with Crippen molar-refractivity contribution in [3.05, 3.63) is 0 Å². The van der Waals surface area contributed by atoms with Gasteiger partial charge >= 0.3 is 6.09 Å². The van der Waals surface area contributed by atoms with E-state index in [4.69, 9.17) is 11.2 Å². The maximum Gasteiger partial charge on any atom is 0.410 e. The highest BCUT2D eigenvalue weighted by Crippen LogP contribution is 2.35. The second kappa shape index (κ2) is 5.22. The van der Waals surface area contributed by atoms with Gasteiger partial charge in [0.1, 0.15) is 5.60 Å². The number of amides is 1. The van der Waals surface area contributed by atoms with Gasteiger partial charge < -0.3 is 9.64 Å². The minimum Gasteiger partial charge on any atom is -0.444 e. The molecule has 0 aliphatic carbocycles. The van der Waals surface area contributed by atoms with E-state index in [2.05, 4.69) is 19.8 Å². The van der Waals surface area contributed by atoms with Crippen LogP contribution in [-0.4, -0.2) is 28.7 Å².